The molecule has 0 aliphatic carbocycles. The van der Waals surface area contributed by atoms with Crippen molar-refractivity contribution in [1.82, 2.24) is 10.2 Å². The van der Waals surface area contributed by atoms with Crippen LogP contribution in [0.5, 0.6) is 5.75 Å². The van der Waals surface area contributed by atoms with Crippen molar-refractivity contribution in [3.63, 3.8) is 0 Å². The van der Waals surface area contributed by atoms with Gasteiger partial charge in [-0.3, -0.25) is 9.10 Å². The number of ether oxygens (including phenoxy) is 1. The fourth-order valence-corrected chi connectivity index (χ4v) is 7.32. The van der Waals surface area contributed by atoms with Gasteiger partial charge in [-0.25, -0.2) is 4.21 Å². The zero-order valence-electron chi connectivity index (χ0n) is 22.0. The number of hydrogen-bond acceptors (Lipinski definition) is 5. The molecule has 0 radical (unpaired) electrons. The van der Waals surface area contributed by atoms with Crippen LogP contribution >= 0.6 is 11.6 Å². The highest BCUT2D eigenvalue weighted by molar-refractivity contribution is 7.86. The Morgan fingerprint density at radius 2 is 1.85 bits per heavy atom. The van der Waals surface area contributed by atoms with Gasteiger partial charge >= 0.3 is 0 Å². The summed E-state index contributed by atoms with van der Waals surface area (Å²) in [7, 11) is -0.0975. The largest absolute Gasteiger partial charge is 0.497 e. The first kappa shape index (κ1) is 27.6. The fraction of sp³-hybridized carbons (Fsp3) is 0.367. The topological polar surface area (TPSA) is 82.1 Å². The maximum Gasteiger partial charge on any atom is 0.224 e. The Kier molecular flexibility index (Phi) is 8.87. The van der Waals surface area contributed by atoms with Gasteiger partial charge in [0.1, 0.15) is 12.0 Å². The van der Waals surface area contributed by atoms with E-state index < -0.39 is 17.2 Å². The first-order chi connectivity index (χ1) is 19.0. The lowest BCUT2D eigenvalue weighted by molar-refractivity contribution is -0.132. The number of carbonyl (C=O) groups excluding carboxylic acids is 1. The second kappa shape index (κ2) is 12.5. The van der Waals surface area contributed by atoms with Crippen LogP contribution in [0.1, 0.15) is 41.9 Å². The Hall–Kier alpha value is -2.91. The standard InChI is InChI=1S/C30H34ClN3O4S/c1-38-25-11-9-24(10-12-25)34-29(36)19-22(26-7-4-8-27(31)30(26)39(34)37)13-16-32-17-14-28(35)33-18-15-21-5-2-3-6-23(21)20-33/h2-12,22,29,32,36H,13-20H2,1H3/t22?,29-,39?/m0/s1. The molecule has 2 N–H and O–H groups in total. The van der Waals surface area contributed by atoms with Crippen LogP contribution in [0.4, 0.5) is 5.69 Å². The molecule has 0 bridgehead atoms. The van der Waals surface area contributed by atoms with E-state index in [1.54, 1.807) is 37.4 Å². The Labute approximate surface area is 237 Å². The van der Waals surface area contributed by atoms with E-state index in [0.717, 1.165) is 18.5 Å². The molecule has 3 aromatic rings. The second-order valence-corrected chi connectivity index (χ2v) is 11.7. The first-order valence-corrected chi connectivity index (χ1v) is 14.8. The van der Waals surface area contributed by atoms with Crippen molar-refractivity contribution in [2.24, 2.45) is 0 Å². The van der Waals surface area contributed by atoms with Gasteiger partial charge in [0.15, 0.2) is 11.0 Å². The molecule has 5 rings (SSSR count). The van der Waals surface area contributed by atoms with Crippen LogP contribution in [0.2, 0.25) is 5.02 Å². The zero-order valence-corrected chi connectivity index (χ0v) is 23.6. The molecule has 9 heteroatoms. The Bertz CT molecular complexity index is 1340. The molecule has 2 aliphatic heterocycles. The lowest BCUT2D eigenvalue weighted by atomic mass is 9.91. The van der Waals surface area contributed by atoms with Gasteiger partial charge in [-0.1, -0.05) is 48.0 Å². The van der Waals surface area contributed by atoms with Crippen molar-refractivity contribution in [2.45, 2.75) is 49.3 Å². The maximum absolute atomic E-state index is 13.8. The summed E-state index contributed by atoms with van der Waals surface area (Å²) in [6.07, 6.45) is 1.49. The Morgan fingerprint density at radius 1 is 1.08 bits per heavy atom. The van der Waals surface area contributed by atoms with Gasteiger partial charge in [0, 0.05) is 26.1 Å². The SMILES string of the molecule is COc1ccc(N2[C@@H](O)CC(CCNCCC(=O)N3CCc4ccccc4C3)c3cccc(Cl)c3S2=O)cc1. The number of nitrogens with zero attached hydrogens (tertiary/aromatic N) is 2. The number of rotatable bonds is 8. The highest BCUT2D eigenvalue weighted by atomic mass is 35.5. The van der Waals surface area contributed by atoms with Crippen LogP contribution in [0, 0.1) is 0 Å². The molecule has 0 fully saturated rings. The van der Waals surface area contributed by atoms with E-state index in [1.165, 1.54) is 15.4 Å². The highest BCUT2D eigenvalue weighted by Gasteiger charge is 2.35. The van der Waals surface area contributed by atoms with E-state index in [0.29, 0.717) is 60.3 Å². The van der Waals surface area contributed by atoms with E-state index in [1.807, 2.05) is 29.2 Å². The lowest BCUT2D eigenvalue weighted by Crippen LogP contribution is -2.37. The number of benzene rings is 3. The number of fused-ring (bicyclic) bond motifs is 2. The van der Waals surface area contributed by atoms with E-state index >= 15 is 0 Å². The van der Waals surface area contributed by atoms with Crippen LogP contribution < -0.4 is 14.4 Å². The monoisotopic (exact) mass is 567 g/mol. The van der Waals surface area contributed by atoms with Crippen molar-refractivity contribution < 1.29 is 18.8 Å². The van der Waals surface area contributed by atoms with Crippen molar-refractivity contribution in [1.29, 1.82) is 0 Å². The number of methoxy groups -OCH3 is 1. The van der Waals surface area contributed by atoms with Crippen LogP contribution in [0.15, 0.2) is 71.6 Å². The number of hydrogen-bond donors (Lipinski definition) is 2. The van der Waals surface area contributed by atoms with Gasteiger partial charge in [0.05, 0.1) is 22.7 Å². The summed E-state index contributed by atoms with van der Waals surface area (Å²) in [6.45, 7) is 2.68. The van der Waals surface area contributed by atoms with Gasteiger partial charge < -0.3 is 20.1 Å². The molecule has 0 saturated heterocycles. The number of carbonyl (C=O) groups is 1. The van der Waals surface area contributed by atoms with Crippen LogP contribution in [0.3, 0.4) is 0 Å². The third-order valence-electron chi connectivity index (χ3n) is 7.55. The lowest BCUT2D eigenvalue weighted by Gasteiger charge is -2.29. The van der Waals surface area contributed by atoms with Gasteiger partial charge in [0.25, 0.3) is 0 Å². The van der Waals surface area contributed by atoms with Gasteiger partial charge in [-0.15, -0.1) is 0 Å². The normalized spacial score (nSPS) is 20.6. The van der Waals surface area contributed by atoms with E-state index in [-0.39, 0.29) is 11.8 Å². The molecule has 0 saturated carbocycles. The smallest absolute Gasteiger partial charge is 0.224 e. The fourth-order valence-electron chi connectivity index (χ4n) is 5.45. The minimum atomic E-state index is -1.69. The Balaban J connectivity index is 1.20. The number of anilines is 1. The molecule has 0 spiro atoms. The first-order valence-electron chi connectivity index (χ1n) is 13.3. The summed E-state index contributed by atoms with van der Waals surface area (Å²) < 4.78 is 20.5. The van der Waals surface area contributed by atoms with Crippen LogP contribution in [-0.2, 0) is 28.7 Å². The summed E-state index contributed by atoms with van der Waals surface area (Å²) in [5, 5.41) is 15.0. The molecule has 206 valence electrons. The molecule has 39 heavy (non-hydrogen) atoms. The molecule has 0 aromatic heterocycles. The second-order valence-electron chi connectivity index (χ2n) is 9.97. The third-order valence-corrected chi connectivity index (χ3v) is 9.60. The quantitative estimate of drug-likeness (QED) is 0.388. The van der Waals surface area contributed by atoms with Crippen molar-refractivity contribution in [2.75, 3.05) is 31.0 Å². The average Bonchev–Trinajstić information content (AvgIpc) is 3.06. The number of aliphatic hydroxyl groups is 1. The third kappa shape index (κ3) is 6.14. The molecular weight excluding hydrogens is 534 g/mol. The highest BCUT2D eigenvalue weighted by Crippen LogP contribution is 2.40. The Morgan fingerprint density at radius 3 is 2.62 bits per heavy atom. The summed E-state index contributed by atoms with van der Waals surface area (Å²) in [4.78, 5) is 15.3. The van der Waals surface area contributed by atoms with Gasteiger partial charge in [-0.2, -0.15) is 0 Å². The summed E-state index contributed by atoms with van der Waals surface area (Å²) in [5.41, 5.74) is 4.08. The summed E-state index contributed by atoms with van der Waals surface area (Å²) >= 11 is 6.57. The number of aliphatic hydroxyl groups excluding tert-OH is 1. The molecule has 7 nitrogen and oxygen atoms in total. The molecule has 2 heterocycles. The minimum Gasteiger partial charge on any atom is -0.497 e. The molecule has 2 aliphatic rings. The van der Waals surface area contributed by atoms with Crippen LogP contribution in [0.25, 0.3) is 0 Å². The number of amides is 1. The molecule has 3 atom stereocenters. The number of nitrogens with one attached hydrogen (secondary N) is 1. The van der Waals surface area contributed by atoms with E-state index in [4.69, 9.17) is 16.3 Å². The predicted octanol–water partition coefficient (Wildman–Crippen LogP) is 4.64. The molecule has 2 unspecified atom stereocenters. The minimum absolute atomic E-state index is 0.0531. The van der Waals surface area contributed by atoms with Crippen molar-refractivity contribution in [3.05, 3.63) is 88.4 Å². The van der Waals surface area contributed by atoms with Gasteiger partial charge in [-0.05, 0) is 78.7 Å². The average molecular weight is 568 g/mol. The molecule has 3 aromatic carbocycles. The van der Waals surface area contributed by atoms with Gasteiger partial charge in [0.2, 0.25) is 5.91 Å². The van der Waals surface area contributed by atoms with Crippen LogP contribution in [-0.4, -0.2) is 53.1 Å². The van der Waals surface area contributed by atoms with E-state index in [9.17, 15) is 14.1 Å². The number of halogens is 1. The summed E-state index contributed by atoms with van der Waals surface area (Å²) in [6, 6.07) is 21.0. The maximum atomic E-state index is 13.8. The van der Waals surface area contributed by atoms with Crippen molar-refractivity contribution in [3.8, 4) is 5.75 Å². The van der Waals surface area contributed by atoms with E-state index in [2.05, 4.69) is 17.4 Å². The molecular formula is C30H34ClN3O4S. The molecule has 1 amide bonds. The zero-order chi connectivity index (χ0) is 27.4. The summed E-state index contributed by atoms with van der Waals surface area (Å²) in [5.74, 6) is 0.784. The van der Waals surface area contributed by atoms with Crippen molar-refractivity contribution >= 4 is 34.2 Å². The predicted molar refractivity (Wildman–Crippen MR) is 154 cm³/mol.